The maximum absolute atomic E-state index is 12.1. The third-order valence-electron chi connectivity index (χ3n) is 3.88. The first kappa shape index (κ1) is 17.6. The Morgan fingerprint density at radius 3 is 2.64 bits per heavy atom. The van der Waals surface area contributed by atoms with E-state index >= 15 is 0 Å². The van der Waals surface area contributed by atoms with Gasteiger partial charge in [0.05, 0.1) is 11.5 Å². The monoisotopic (exact) mass is 380 g/mol. The molecule has 2 aromatic rings. The number of nitrogens with zero attached hydrogens (tertiary/aromatic N) is 2. The Labute approximate surface area is 150 Å². The molecule has 132 valence electrons. The van der Waals surface area contributed by atoms with Gasteiger partial charge in [0.2, 0.25) is 0 Å². The van der Waals surface area contributed by atoms with Crippen molar-refractivity contribution in [1.82, 2.24) is 15.5 Å². The average Bonchev–Trinajstić information content (AvgIpc) is 2.93. The van der Waals surface area contributed by atoms with E-state index in [-0.39, 0.29) is 29.1 Å². The summed E-state index contributed by atoms with van der Waals surface area (Å²) in [4.78, 5) is 12.1. The fraction of sp³-hybridized carbons (Fsp3) is 0.312. The molecule has 2 heterocycles. The molecule has 0 radical (unpaired) electrons. The number of benzene rings is 1. The number of hydrogen-bond acceptors (Lipinski definition) is 6. The predicted molar refractivity (Wildman–Crippen MR) is 95.3 cm³/mol. The molecule has 3 rings (SSSR count). The molecule has 1 atom stereocenters. The number of carbonyl (C=O) groups is 1. The van der Waals surface area contributed by atoms with E-state index in [9.17, 15) is 13.2 Å². The minimum absolute atomic E-state index is 0.0920. The van der Waals surface area contributed by atoms with Gasteiger partial charge in [0, 0.05) is 17.6 Å². The molecule has 0 bridgehead atoms. The average molecular weight is 381 g/mol. The predicted octanol–water partition coefficient (Wildman–Crippen LogP) is 1.66. The molecule has 9 heteroatoms. The first-order valence-electron chi connectivity index (χ1n) is 7.75. The van der Waals surface area contributed by atoms with Crippen LogP contribution in [0.2, 0.25) is 5.02 Å². The van der Waals surface area contributed by atoms with Crippen LogP contribution >= 0.6 is 11.6 Å². The smallest absolute Gasteiger partial charge is 0.272 e. The van der Waals surface area contributed by atoms with Crippen LogP contribution in [0.5, 0.6) is 0 Å². The van der Waals surface area contributed by atoms with Crippen LogP contribution in [-0.2, 0) is 16.4 Å². The zero-order chi connectivity index (χ0) is 17.9. The second kappa shape index (κ2) is 7.37. The largest absolute Gasteiger partial charge is 0.365 e. The van der Waals surface area contributed by atoms with Crippen molar-refractivity contribution >= 4 is 33.2 Å². The fourth-order valence-corrected chi connectivity index (χ4v) is 4.43. The van der Waals surface area contributed by atoms with E-state index in [2.05, 4.69) is 20.8 Å². The van der Waals surface area contributed by atoms with Gasteiger partial charge in [-0.05, 0) is 30.2 Å². The number of nitrogens with one attached hydrogen (secondary N) is 2. The lowest BCUT2D eigenvalue weighted by Gasteiger charge is -2.11. The summed E-state index contributed by atoms with van der Waals surface area (Å²) in [6, 6.07) is 10.2. The van der Waals surface area contributed by atoms with Gasteiger partial charge in [-0.2, -0.15) is 0 Å². The van der Waals surface area contributed by atoms with Crippen LogP contribution in [0.15, 0.2) is 36.4 Å². The molecule has 0 saturated carbocycles. The maximum atomic E-state index is 12.1. The quantitative estimate of drug-likeness (QED) is 0.818. The van der Waals surface area contributed by atoms with Crippen molar-refractivity contribution < 1.29 is 13.2 Å². The number of aromatic nitrogens is 2. The molecule has 1 aliphatic rings. The van der Waals surface area contributed by atoms with Crippen LogP contribution in [0, 0.1) is 0 Å². The number of hydrogen-bond donors (Lipinski definition) is 2. The molecule has 1 aliphatic heterocycles. The molecule has 0 spiro atoms. The highest BCUT2D eigenvalue weighted by atomic mass is 35.5. The van der Waals surface area contributed by atoms with Gasteiger partial charge < -0.3 is 10.6 Å². The van der Waals surface area contributed by atoms with E-state index in [1.54, 1.807) is 18.2 Å². The van der Waals surface area contributed by atoms with Crippen molar-refractivity contribution in [1.29, 1.82) is 0 Å². The topological polar surface area (TPSA) is 101 Å². The number of halogens is 1. The Balaban J connectivity index is 1.56. The molecule has 2 N–H and O–H groups in total. The number of amides is 1. The number of anilines is 1. The lowest BCUT2D eigenvalue weighted by molar-refractivity contribution is 0.0945. The highest BCUT2D eigenvalue weighted by Gasteiger charge is 2.28. The summed E-state index contributed by atoms with van der Waals surface area (Å²) >= 11 is 6.05. The second-order valence-corrected chi connectivity index (χ2v) is 8.46. The van der Waals surface area contributed by atoms with E-state index in [0.717, 1.165) is 5.56 Å². The van der Waals surface area contributed by atoms with Crippen molar-refractivity contribution in [3.63, 3.8) is 0 Å². The number of sulfone groups is 1. The number of carbonyl (C=O) groups excluding carboxylic acids is 1. The molecule has 25 heavy (non-hydrogen) atoms. The fourth-order valence-electron chi connectivity index (χ4n) is 2.56. The van der Waals surface area contributed by atoms with Gasteiger partial charge in [-0.25, -0.2) is 8.42 Å². The van der Waals surface area contributed by atoms with Gasteiger partial charge in [0.1, 0.15) is 5.82 Å². The van der Waals surface area contributed by atoms with Gasteiger partial charge >= 0.3 is 0 Å². The van der Waals surface area contributed by atoms with Crippen LogP contribution in [0.4, 0.5) is 5.82 Å². The van der Waals surface area contributed by atoms with E-state index in [4.69, 9.17) is 11.6 Å². The highest BCUT2D eigenvalue weighted by molar-refractivity contribution is 7.91. The van der Waals surface area contributed by atoms with Gasteiger partial charge in [-0.15, -0.1) is 10.2 Å². The van der Waals surface area contributed by atoms with Gasteiger partial charge in [0.25, 0.3) is 5.91 Å². The maximum Gasteiger partial charge on any atom is 0.272 e. The van der Waals surface area contributed by atoms with Crippen LogP contribution < -0.4 is 10.6 Å². The van der Waals surface area contributed by atoms with Crippen LogP contribution in [0.25, 0.3) is 0 Å². The van der Waals surface area contributed by atoms with Crippen molar-refractivity contribution in [2.45, 2.75) is 19.0 Å². The molecule has 7 nitrogen and oxygen atoms in total. The molecule has 1 saturated heterocycles. The normalized spacial score (nSPS) is 18.7. The highest BCUT2D eigenvalue weighted by Crippen LogP contribution is 2.16. The summed E-state index contributed by atoms with van der Waals surface area (Å²) < 4.78 is 22.9. The SMILES string of the molecule is O=C(NCc1ccccc1Cl)c1ccc(NC2CCS(=O)(=O)C2)nn1. The number of rotatable bonds is 5. The van der Waals surface area contributed by atoms with E-state index in [1.165, 1.54) is 0 Å². The van der Waals surface area contributed by atoms with E-state index in [0.29, 0.717) is 23.8 Å². The van der Waals surface area contributed by atoms with E-state index < -0.39 is 9.84 Å². The van der Waals surface area contributed by atoms with Crippen LogP contribution in [-0.4, -0.2) is 42.1 Å². The third kappa shape index (κ3) is 4.67. The van der Waals surface area contributed by atoms with Crippen molar-refractivity contribution in [3.8, 4) is 0 Å². The first-order chi connectivity index (χ1) is 11.9. The first-order valence-corrected chi connectivity index (χ1v) is 9.95. The Hall–Kier alpha value is -2.19. The summed E-state index contributed by atoms with van der Waals surface area (Å²) in [7, 11) is -2.96. The lowest BCUT2D eigenvalue weighted by atomic mass is 10.2. The minimum atomic E-state index is -2.96. The summed E-state index contributed by atoms with van der Waals surface area (Å²) in [6.07, 6.45) is 0.546. The molecule has 1 aromatic carbocycles. The third-order valence-corrected chi connectivity index (χ3v) is 6.02. The molecule has 0 aliphatic carbocycles. The van der Waals surface area contributed by atoms with Crippen molar-refractivity contribution in [2.24, 2.45) is 0 Å². The molecule has 1 unspecified atom stereocenters. The van der Waals surface area contributed by atoms with Gasteiger partial charge in [-0.3, -0.25) is 4.79 Å². The second-order valence-electron chi connectivity index (χ2n) is 5.82. The molecular formula is C16H17ClN4O3S. The Morgan fingerprint density at radius 2 is 2.00 bits per heavy atom. The standard InChI is InChI=1S/C16H17ClN4O3S/c17-13-4-2-1-3-11(13)9-18-16(22)14-5-6-15(21-20-14)19-12-7-8-25(23,24)10-12/h1-6,12H,7-10H2,(H,18,22)(H,19,21). The van der Waals surface area contributed by atoms with Crippen molar-refractivity contribution in [2.75, 3.05) is 16.8 Å². The van der Waals surface area contributed by atoms with Crippen molar-refractivity contribution in [3.05, 3.63) is 52.7 Å². The van der Waals surface area contributed by atoms with Gasteiger partial charge in [-0.1, -0.05) is 29.8 Å². The van der Waals surface area contributed by atoms with Crippen LogP contribution in [0.1, 0.15) is 22.5 Å². The summed E-state index contributed by atoms with van der Waals surface area (Å²) in [6.45, 7) is 0.292. The Kier molecular flexibility index (Phi) is 5.19. The summed E-state index contributed by atoms with van der Waals surface area (Å²) in [5, 5.41) is 14.2. The summed E-state index contributed by atoms with van der Waals surface area (Å²) in [5.41, 5.74) is 0.989. The van der Waals surface area contributed by atoms with Crippen LogP contribution in [0.3, 0.4) is 0 Å². The van der Waals surface area contributed by atoms with Gasteiger partial charge in [0.15, 0.2) is 15.5 Å². The zero-order valence-corrected chi connectivity index (χ0v) is 14.8. The molecule has 1 amide bonds. The zero-order valence-electron chi connectivity index (χ0n) is 13.3. The minimum Gasteiger partial charge on any atom is -0.365 e. The molecule has 1 aromatic heterocycles. The lowest BCUT2D eigenvalue weighted by Crippen LogP contribution is -2.25. The van der Waals surface area contributed by atoms with E-state index in [1.807, 2.05) is 18.2 Å². The Morgan fingerprint density at radius 1 is 1.20 bits per heavy atom. The molecular weight excluding hydrogens is 364 g/mol. The molecule has 1 fully saturated rings. The Bertz CT molecular complexity index is 871. The summed E-state index contributed by atoms with van der Waals surface area (Å²) in [5.74, 6) is 0.363.